The van der Waals surface area contributed by atoms with Crippen molar-refractivity contribution in [1.82, 2.24) is 10.2 Å². The van der Waals surface area contributed by atoms with Gasteiger partial charge >= 0.3 is 0 Å². The molecule has 1 unspecified atom stereocenters. The van der Waals surface area contributed by atoms with E-state index in [1.807, 2.05) is 31.2 Å². The number of ether oxygens (including phenoxy) is 1. The van der Waals surface area contributed by atoms with E-state index in [4.69, 9.17) is 4.74 Å². The Kier molecular flexibility index (Phi) is 6.20. The van der Waals surface area contributed by atoms with E-state index in [2.05, 4.69) is 10.2 Å². The van der Waals surface area contributed by atoms with Crippen molar-refractivity contribution in [3.05, 3.63) is 29.8 Å². The summed E-state index contributed by atoms with van der Waals surface area (Å²) in [6.07, 6.45) is 6.28. The van der Waals surface area contributed by atoms with Crippen molar-refractivity contribution in [2.45, 2.75) is 51.0 Å². The SMILES string of the molecule is Cc1ccc(N2CC(C(=O)NCC3(N4CCOCC4)CCCCC3)CC2=O)cc1. The molecule has 6 heteroatoms. The van der Waals surface area contributed by atoms with Gasteiger partial charge in [-0.05, 0) is 31.9 Å². The van der Waals surface area contributed by atoms with E-state index < -0.39 is 0 Å². The summed E-state index contributed by atoms with van der Waals surface area (Å²) in [6, 6.07) is 7.93. The van der Waals surface area contributed by atoms with Crippen LogP contribution in [0.25, 0.3) is 0 Å². The number of hydrogen-bond acceptors (Lipinski definition) is 4. The summed E-state index contributed by atoms with van der Waals surface area (Å²) in [5.74, 6) is -0.213. The fourth-order valence-corrected chi connectivity index (χ4v) is 5.11. The van der Waals surface area contributed by atoms with E-state index >= 15 is 0 Å². The Morgan fingerprint density at radius 1 is 1.14 bits per heavy atom. The van der Waals surface area contributed by atoms with Crippen LogP contribution in [0.4, 0.5) is 5.69 Å². The van der Waals surface area contributed by atoms with Crippen molar-refractivity contribution >= 4 is 17.5 Å². The van der Waals surface area contributed by atoms with Gasteiger partial charge in [0, 0.05) is 43.8 Å². The van der Waals surface area contributed by atoms with E-state index in [0.717, 1.165) is 50.4 Å². The van der Waals surface area contributed by atoms with Gasteiger partial charge in [-0.3, -0.25) is 14.5 Å². The number of rotatable bonds is 5. The number of morpholine rings is 1. The molecule has 1 N–H and O–H groups in total. The lowest BCUT2D eigenvalue weighted by Gasteiger charge is -2.48. The van der Waals surface area contributed by atoms with E-state index in [-0.39, 0.29) is 23.3 Å². The molecule has 6 nitrogen and oxygen atoms in total. The minimum Gasteiger partial charge on any atom is -0.379 e. The van der Waals surface area contributed by atoms with Crippen LogP contribution in [-0.2, 0) is 14.3 Å². The predicted octanol–water partition coefficient (Wildman–Crippen LogP) is 2.50. The first-order valence-electron chi connectivity index (χ1n) is 11.0. The number of hydrogen-bond donors (Lipinski definition) is 1. The van der Waals surface area contributed by atoms with Gasteiger partial charge in [0.1, 0.15) is 0 Å². The van der Waals surface area contributed by atoms with Crippen LogP contribution in [0.15, 0.2) is 24.3 Å². The molecule has 158 valence electrons. The van der Waals surface area contributed by atoms with Crippen LogP contribution in [0, 0.1) is 12.8 Å². The van der Waals surface area contributed by atoms with Gasteiger partial charge in [-0.15, -0.1) is 0 Å². The van der Waals surface area contributed by atoms with Gasteiger partial charge in [-0.2, -0.15) is 0 Å². The number of benzene rings is 1. The Labute approximate surface area is 173 Å². The highest BCUT2D eigenvalue weighted by Crippen LogP contribution is 2.34. The third-order valence-electron chi connectivity index (χ3n) is 6.90. The standard InChI is InChI=1S/C23H33N3O3/c1-18-5-7-20(8-6-18)26-16-19(15-21(26)27)22(28)24-17-23(9-3-2-4-10-23)25-11-13-29-14-12-25/h5-8,19H,2-4,9-17H2,1H3,(H,24,28). The molecule has 1 aromatic carbocycles. The van der Waals surface area contributed by atoms with Crippen molar-refractivity contribution in [3.8, 4) is 0 Å². The molecule has 3 aliphatic rings. The molecule has 3 fully saturated rings. The largest absolute Gasteiger partial charge is 0.379 e. The number of carbonyl (C=O) groups is 2. The molecule has 2 amide bonds. The molecule has 2 aliphatic heterocycles. The number of aryl methyl sites for hydroxylation is 1. The number of anilines is 1. The lowest BCUT2D eigenvalue weighted by atomic mass is 9.79. The molecule has 4 rings (SSSR count). The zero-order chi connectivity index (χ0) is 20.3. The topological polar surface area (TPSA) is 61.9 Å². The second-order valence-electron chi connectivity index (χ2n) is 8.84. The normalized spacial score (nSPS) is 25.2. The van der Waals surface area contributed by atoms with Gasteiger partial charge in [0.15, 0.2) is 0 Å². The van der Waals surface area contributed by atoms with Crippen LogP contribution in [0.2, 0.25) is 0 Å². The summed E-state index contributed by atoms with van der Waals surface area (Å²) in [7, 11) is 0. The third-order valence-corrected chi connectivity index (χ3v) is 6.90. The van der Waals surface area contributed by atoms with Crippen LogP contribution < -0.4 is 10.2 Å². The van der Waals surface area contributed by atoms with Gasteiger partial charge in [0.2, 0.25) is 11.8 Å². The fourth-order valence-electron chi connectivity index (χ4n) is 5.11. The van der Waals surface area contributed by atoms with Crippen LogP contribution in [0.1, 0.15) is 44.1 Å². The van der Waals surface area contributed by atoms with Crippen molar-refractivity contribution in [2.75, 3.05) is 44.3 Å². The second-order valence-corrected chi connectivity index (χ2v) is 8.84. The van der Waals surface area contributed by atoms with Gasteiger partial charge in [-0.25, -0.2) is 0 Å². The molecule has 0 aromatic heterocycles. The highest BCUT2D eigenvalue weighted by Gasteiger charge is 2.40. The lowest BCUT2D eigenvalue weighted by Crippen LogP contribution is -2.60. The third kappa shape index (κ3) is 4.48. The maximum absolute atomic E-state index is 13.0. The molecular weight excluding hydrogens is 366 g/mol. The monoisotopic (exact) mass is 399 g/mol. The van der Waals surface area contributed by atoms with Gasteiger partial charge in [-0.1, -0.05) is 37.0 Å². The quantitative estimate of drug-likeness (QED) is 0.826. The summed E-state index contributed by atoms with van der Waals surface area (Å²) in [6.45, 7) is 6.62. The molecule has 1 atom stereocenters. The summed E-state index contributed by atoms with van der Waals surface area (Å²) in [4.78, 5) is 29.8. The summed E-state index contributed by atoms with van der Waals surface area (Å²) in [5.41, 5.74) is 2.10. The lowest BCUT2D eigenvalue weighted by molar-refractivity contribution is -0.127. The molecule has 2 saturated heterocycles. The number of nitrogens with one attached hydrogen (secondary N) is 1. The molecule has 0 radical (unpaired) electrons. The smallest absolute Gasteiger partial charge is 0.227 e. The minimum absolute atomic E-state index is 0.0196. The molecule has 1 aliphatic carbocycles. The van der Waals surface area contributed by atoms with Crippen LogP contribution in [-0.4, -0.2) is 61.6 Å². The second kappa shape index (κ2) is 8.84. The van der Waals surface area contributed by atoms with Crippen molar-refractivity contribution in [3.63, 3.8) is 0 Å². The number of nitrogens with zero attached hydrogens (tertiary/aromatic N) is 2. The van der Waals surface area contributed by atoms with E-state index in [9.17, 15) is 9.59 Å². The molecular formula is C23H33N3O3. The Morgan fingerprint density at radius 3 is 2.52 bits per heavy atom. The zero-order valence-electron chi connectivity index (χ0n) is 17.5. The highest BCUT2D eigenvalue weighted by atomic mass is 16.5. The molecule has 1 saturated carbocycles. The molecule has 0 spiro atoms. The first kappa shape index (κ1) is 20.4. The Morgan fingerprint density at radius 2 is 1.83 bits per heavy atom. The number of carbonyl (C=O) groups excluding carboxylic acids is 2. The maximum Gasteiger partial charge on any atom is 0.227 e. The minimum atomic E-state index is -0.269. The summed E-state index contributed by atoms with van der Waals surface area (Å²) in [5, 5.41) is 3.23. The van der Waals surface area contributed by atoms with Gasteiger partial charge < -0.3 is 15.0 Å². The van der Waals surface area contributed by atoms with Crippen molar-refractivity contribution in [2.24, 2.45) is 5.92 Å². The predicted molar refractivity (Wildman–Crippen MR) is 113 cm³/mol. The summed E-state index contributed by atoms with van der Waals surface area (Å²) < 4.78 is 5.54. The zero-order valence-corrected chi connectivity index (χ0v) is 17.5. The van der Waals surface area contributed by atoms with Gasteiger partial charge in [0.25, 0.3) is 0 Å². The van der Waals surface area contributed by atoms with Gasteiger partial charge in [0.05, 0.1) is 19.1 Å². The molecule has 29 heavy (non-hydrogen) atoms. The van der Waals surface area contributed by atoms with Crippen molar-refractivity contribution in [1.29, 1.82) is 0 Å². The fraction of sp³-hybridized carbons (Fsp3) is 0.652. The van der Waals surface area contributed by atoms with Crippen LogP contribution in [0.3, 0.4) is 0 Å². The molecule has 2 heterocycles. The Bertz CT molecular complexity index is 721. The van der Waals surface area contributed by atoms with Crippen LogP contribution in [0.5, 0.6) is 0 Å². The average Bonchev–Trinajstić information content (AvgIpc) is 3.15. The van der Waals surface area contributed by atoms with E-state index in [1.54, 1.807) is 4.90 Å². The maximum atomic E-state index is 13.0. The first-order chi connectivity index (χ1) is 14.1. The molecule has 1 aromatic rings. The Hall–Kier alpha value is -1.92. The molecule has 0 bridgehead atoms. The van der Waals surface area contributed by atoms with E-state index in [1.165, 1.54) is 19.3 Å². The Balaban J connectivity index is 1.38. The van der Waals surface area contributed by atoms with Crippen molar-refractivity contribution < 1.29 is 14.3 Å². The van der Waals surface area contributed by atoms with E-state index in [0.29, 0.717) is 19.5 Å². The average molecular weight is 400 g/mol. The van der Waals surface area contributed by atoms with Crippen LogP contribution >= 0.6 is 0 Å². The first-order valence-corrected chi connectivity index (χ1v) is 11.0. The number of amides is 2. The highest BCUT2D eigenvalue weighted by molar-refractivity contribution is 6.00. The summed E-state index contributed by atoms with van der Waals surface area (Å²) >= 11 is 0.